The maximum absolute atomic E-state index is 12.5. The van der Waals surface area contributed by atoms with Crippen molar-refractivity contribution in [2.75, 3.05) is 6.54 Å². The summed E-state index contributed by atoms with van der Waals surface area (Å²) >= 11 is 0. The van der Waals surface area contributed by atoms with E-state index < -0.39 is 5.91 Å². The standard InChI is InChI=1S/C20H22N2O3/c21-19(24)13-14-22(15-16-7-3-1-4-8-16)20(25)12-11-18(23)17-9-5-2-6-10-17/h1-10H,11-15H2,(H2,21,24). The molecule has 0 radical (unpaired) electrons. The zero-order chi connectivity index (χ0) is 18.1. The molecule has 0 fully saturated rings. The van der Waals surface area contributed by atoms with Gasteiger partial charge in [0.2, 0.25) is 11.8 Å². The highest BCUT2D eigenvalue weighted by atomic mass is 16.2. The van der Waals surface area contributed by atoms with Gasteiger partial charge in [-0.1, -0.05) is 60.7 Å². The maximum Gasteiger partial charge on any atom is 0.223 e. The Labute approximate surface area is 147 Å². The third kappa shape index (κ3) is 6.22. The Bertz CT molecular complexity index is 714. The first-order valence-electron chi connectivity index (χ1n) is 8.24. The highest BCUT2D eigenvalue weighted by molar-refractivity contribution is 5.97. The fraction of sp³-hybridized carbons (Fsp3) is 0.250. The van der Waals surface area contributed by atoms with Crippen molar-refractivity contribution in [3.8, 4) is 0 Å². The Morgan fingerprint density at radius 3 is 2.00 bits per heavy atom. The summed E-state index contributed by atoms with van der Waals surface area (Å²) in [6.07, 6.45) is 0.356. The van der Waals surface area contributed by atoms with E-state index in [1.807, 2.05) is 36.4 Å². The molecule has 130 valence electrons. The van der Waals surface area contributed by atoms with Crippen LogP contribution in [-0.2, 0) is 16.1 Å². The van der Waals surface area contributed by atoms with Crippen LogP contribution in [0.5, 0.6) is 0 Å². The lowest BCUT2D eigenvalue weighted by Crippen LogP contribution is -2.33. The molecule has 0 aliphatic carbocycles. The highest BCUT2D eigenvalue weighted by Gasteiger charge is 2.17. The van der Waals surface area contributed by atoms with Crippen LogP contribution in [-0.4, -0.2) is 29.0 Å². The Morgan fingerprint density at radius 1 is 0.800 bits per heavy atom. The number of carbonyl (C=O) groups excluding carboxylic acids is 3. The monoisotopic (exact) mass is 338 g/mol. The van der Waals surface area contributed by atoms with Crippen LogP contribution in [0.2, 0.25) is 0 Å². The Hall–Kier alpha value is -2.95. The van der Waals surface area contributed by atoms with E-state index >= 15 is 0 Å². The lowest BCUT2D eigenvalue weighted by atomic mass is 10.1. The number of nitrogens with zero attached hydrogens (tertiary/aromatic N) is 1. The van der Waals surface area contributed by atoms with E-state index in [-0.39, 0.29) is 37.5 Å². The molecule has 2 aromatic rings. The lowest BCUT2D eigenvalue weighted by Gasteiger charge is -2.22. The molecule has 0 aromatic heterocycles. The van der Waals surface area contributed by atoms with E-state index in [1.54, 1.807) is 29.2 Å². The van der Waals surface area contributed by atoms with Crippen molar-refractivity contribution in [2.45, 2.75) is 25.8 Å². The van der Waals surface area contributed by atoms with Crippen LogP contribution in [0.25, 0.3) is 0 Å². The van der Waals surface area contributed by atoms with Gasteiger partial charge in [-0.05, 0) is 5.56 Å². The molecule has 0 heterocycles. The zero-order valence-electron chi connectivity index (χ0n) is 14.1. The van der Waals surface area contributed by atoms with Gasteiger partial charge in [0.25, 0.3) is 0 Å². The van der Waals surface area contributed by atoms with Gasteiger partial charge in [0, 0.05) is 37.9 Å². The predicted molar refractivity (Wildman–Crippen MR) is 95.7 cm³/mol. The SMILES string of the molecule is NC(=O)CCN(Cc1ccccc1)C(=O)CCC(=O)c1ccccc1. The van der Waals surface area contributed by atoms with Gasteiger partial charge in [-0.2, -0.15) is 0 Å². The van der Waals surface area contributed by atoms with Gasteiger partial charge >= 0.3 is 0 Å². The second-order valence-electron chi connectivity index (χ2n) is 5.81. The highest BCUT2D eigenvalue weighted by Crippen LogP contribution is 2.10. The Balaban J connectivity index is 1.96. The van der Waals surface area contributed by atoms with Crippen molar-refractivity contribution in [3.05, 3.63) is 71.8 Å². The Morgan fingerprint density at radius 2 is 1.40 bits per heavy atom. The van der Waals surface area contributed by atoms with Crippen molar-refractivity contribution in [1.29, 1.82) is 0 Å². The fourth-order valence-electron chi connectivity index (χ4n) is 2.49. The van der Waals surface area contributed by atoms with Crippen LogP contribution in [0.4, 0.5) is 0 Å². The van der Waals surface area contributed by atoms with Crippen molar-refractivity contribution < 1.29 is 14.4 Å². The van der Waals surface area contributed by atoms with Crippen LogP contribution in [0, 0.1) is 0 Å². The van der Waals surface area contributed by atoms with Crippen LogP contribution in [0.15, 0.2) is 60.7 Å². The van der Waals surface area contributed by atoms with Gasteiger partial charge in [-0.25, -0.2) is 0 Å². The first-order chi connectivity index (χ1) is 12.1. The second kappa shape index (κ2) is 9.37. The van der Waals surface area contributed by atoms with Gasteiger partial charge in [0.05, 0.1) is 0 Å². The number of ketones is 1. The first kappa shape index (κ1) is 18.4. The third-order valence-electron chi connectivity index (χ3n) is 3.86. The number of rotatable bonds is 9. The van der Waals surface area contributed by atoms with E-state index in [1.165, 1.54) is 0 Å². The number of primary amides is 1. The van der Waals surface area contributed by atoms with Gasteiger partial charge in [-0.15, -0.1) is 0 Å². The van der Waals surface area contributed by atoms with Gasteiger partial charge < -0.3 is 10.6 Å². The summed E-state index contributed by atoms with van der Waals surface area (Å²) in [5.41, 5.74) is 6.77. The quantitative estimate of drug-likeness (QED) is 0.714. The topological polar surface area (TPSA) is 80.5 Å². The summed E-state index contributed by atoms with van der Waals surface area (Å²) in [6.45, 7) is 0.648. The van der Waals surface area contributed by atoms with E-state index in [0.29, 0.717) is 12.1 Å². The minimum absolute atomic E-state index is 0.0662. The number of carbonyl (C=O) groups is 3. The summed E-state index contributed by atoms with van der Waals surface area (Å²) in [5.74, 6) is -0.677. The number of Topliss-reactive ketones (excluding diaryl/α,β-unsaturated/α-hetero) is 1. The largest absolute Gasteiger partial charge is 0.370 e. The van der Waals surface area contributed by atoms with E-state index in [4.69, 9.17) is 5.73 Å². The summed E-state index contributed by atoms with van der Waals surface area (Å²) in [6, 6.07) is 18.4. The molecule has 0 unspecified atom stereocenters. The average molecular weight is 338 g/mol. The number of nitrogens with two attached hydrogens (primary N) is 1. The molecule has 0 aliphatic heterocycles. The fourth-order valence-corrected chi connectivity index (χ4v) is 2.49. The summed E-state index contributed by atoms with van der Waals surface area (Å²) < 4.78 is 0. The molecule has 0 saturated carbocycles. The van der Waals surface area contributed by atoms with Crippen LogP contribution < -0.4 is 5.73 Å². The molecule has 5 nitrogen and oxygen atoms in total. The van der Waals surface area contributed by atoms with Crippen molar-refractivity contribution in [3.63, 3.8) is 0 Å². The van der Waals surface area contributed by atoms with Gasteiger partial charge in [0.15, 0.2) is 5.78 Å². The summed E-state index contributed by atoms with van der Waals surface area (Å²) in [5, 5.41) is 0. The van der Waals surface area contributed by atoms with Crippen molar-refractivity contribution >= 4 is 17.6 Å². The van der Waals surface area contributed by atoms with Crippen molar-refractivity contribution in [2.24, 2.45) is 5.73 Å². The molecule has 25 heavy (non-hydrogen) atoms. The zero-order valence-corrected chi connectivity index (χ0v) is 14.1. The summed E-state index contributed by atoms with van der Waals surface area (Å²) in [4.78, 5) is 37.3. The molecular weight excluding hydrogens is 316 g/mol. The van der Waals surface area contributed by atoms with E-state index in [0.717, 1.165) is 5.56 Å². The molecule has 0 atom stereocenters. The molecule has 0 aliphatic rings. The molecule has 2 N–H and O–H groups in total. The molecule has 0 spiro atoms. The van der Waals surface area contributed by atoms with Gasteiger partial charge in [-0.3, -0.25) is 14.4 Å². The van der Waals surface area contributed by atoms with E-state index in [9.17, 15) is 14.4 Å². The van der Waals surface area contributed by atoms with Gasteiger partial charge in [0.1, 0.15) is 0 Å². The lowest BCUT2D eigenvalue weighted by molar-refractivity contribution is -0.132. The Kier molecular flexibility index (Phi) is 6.89. The molecule has 0 saturated heterocycles. The van der Waals surface area contributed by atoms with Crippen LogP contribution >= 0.6 is 0 Å². The summed E-state index contributed by atoms with van der Waals surface area (Å²) in [7, 11) is 0. The number of amides is 2. The number of hydrogen-bond donors (Lipinski definition) is 1. The average Bonchev–Trinajstić information content (AvgIpc) is 2.64. The number of benzene rings is 2. The molecule has 2 rings (SSSR count). The second-order valence-corrected chi connectivity index (χ2v) is 5.81. The normalized spacial score (nSPS) is 10.2. The molecule has 2 aromatic carbocycles. The van der Waals surface area contributed by atoms with Crippen LogP contribution in [0.1, 0.15) is 35.2 Å². The predicted octanol–water partition coefficient (Wildman–Crippen LogP) is 2.55. The minimum Gasteiger partial charge on any atom is -0.370 e. The molecule has 0 bridgehead atoms. The molecule has 2 amide bonds. The third-order valence-corrected chi connectivity index (χ3v) is 3.86. The molecule has 5 heteroatoms. The minimum atomic E-state index is -0.453. The smallest absolute Gasteiger partial charge is 0.223 e. The maximum atomic E-state index is 12.5. The van der Waals surface area contributed by atoms with Crippen LogP contribution in [0.3, 0.4) is 0 Å². The van der Waals surface area contributed by atoms with Crippen molar-refractivity contribution in [1.82, 2.24) is 4.90 Å². The molecular formula is C20H22N2O3. The first-order valence-corrected chi connectivity index (χ1v) is 8.24. The number of hydrogen-bond acceptors (Lipinski definition) is 3. The van der Waals surface area contributed by atoms with E-state index in [2.05, 4.69) is 0 Å².